The van der Waals surface area contributed by atoms with Gasteiger partial charge in [-0.3, -0.25) is 19.8 Å². The summed E-state index contributed by atoms with van der Waals surface area (Å²) < 4.78 is 2.27. The Morgan fingerprint density at radius 3 is 2.37 bits per heavy atom. The molecule has 3 aromatic carbocycles. The molecule has 35 heavy (non-hydrogen) atoms. The number of rotatable bonds is 6. The van der Waals surface area contributed by atoms with Crippen LogP contribution in [0.4, 0.5) is 5.69 Å². The van der Waals surface area contributed by atoms with E-state index in [-0.39, 0.29) is 11.6 Å². The van der Waals surface area contributed by atoms with Gasteiger partial charge in [0, 0.05) is 49.9 Å². The van der Waals surface area contributed by atoms with Gasteiger partial charge >= 0.3 is 0 Å². The van der Waals surface area contributed by atoms with Crippen LogP contribution in [0.5, 0.6) is 0 Å². The minimum atomic E-state index is -0.439. The number of imidazole rings is 1. The lowest BCUT2D eigenvalue weighted by molar-refractivity contribution is -0.385. The third kappa shape index (κ3) is 4.65. The minimum Gasteiger partial charge on any atom is -0.336 e. The SMILES string of the molecule is Cc1c(C(=O)N2CCN(Cc3nc4ccccc4n3Cc3ccccc3)CC2)cccc1[N+](=O)[O-]. The lowest BCUT2D eigenvalue weighted by Crippen LogP contribution is -2.48. The third-order valence-corrected chi connectivity index (χ3v) is 6.67. The van der Waals surface area contributed by atoms with Gasteiger partial charge in [0.25, 0.3) is 11.6 Å². The van der Waals surface area contributed by atoms with Crippen LogP contribution in [0.2, 0.25) is 0 Å². The number of carbonyl (C=O) groups excluding carboxylic acids is 1. The highest BCUT2D eigenvalue weighted by Crippen LogP contribution is 2.24. The van der Waals surface area contributed by atoms with E-state index < -0.39 is 4.92 Å². The maximum absolute atomic E-state index is 13.1. The zero-order chi connectivity index (χ0) is 24.4. The van der Waals surface area contributed by atoms with E-state index in [4.69, 9.17) is 4.98 Å². The molecule has 0 bridgehead atoms. The topological polar surface area (TPSA) is 84.5 Å². The van der Waals surface area contributed by atoms with E-state index in [1.165, 1.54) is 11.6 Å². The first-order chi connectivity index (χ1) is 17.0. The second kappa shape index (κ2) is 9.68. The van der Waals surface area contributed by atoms with Gasteiger partial charge in [-0.15, -0.1) is 0 Å². The molecule has 2 heterocycles. The molecule has 5 rings (SSSR count). The number of hydrogen-bond acceptors (Lipinski definition) is 5. The Kier molecular flexibility index (Phi) is 6.29. The lowest BCUT2D eigenvalue weighted by atomic mass is 10.1. The minimum absolute atomic E-state index is 0.0215. The number of hydrogen-bond donors (Lipinski definition) is 0. The summed E-state index contributed by atoms with van der Waals surface area (Å²) in [4.78, 5) is 32.9. The molecule has 1 aliphatic rings. The Morgan fingerprint density at radius 2 is 1.63 bits per heavy atom. The van der Waals surface area contributed by atoms with Gasteiger partial charge < -0.3 is 9.47 Å². The number of benzene rings is 3. The zero-order valence-electron chi connectivity index (χ0n) is 19.6. The lowest BCUT2D eigenvalue weighted by Gasteiger charge is -2.34. The molecule has 0 N–H and O–H groups in total. The summed E-state index contributed by atoms with van der Waals surface area (Å²) in [6.07, 6.45) is 0. The number of nitro benzene ring substituents is 1. The van der Waals surface area contributed by atoms with Gasteiger partial charge in [0.15, 0.2) is 0 Å². The molecule has 1 fully saturated rings. The maximum Gasteiger partial charge on any atom is 0.273 e. The summed E-state index contributed by atoms with van der Waals surface area (Å²) in [6, 6.07) is 23.2. The largest absolute Gasteiger partial charge is 0.336 e. The van der Waals surface area contributed by atoms with E-state index in [0.29, 0.717) is 43.9 Å². The van der Waals surface area contributed by atoms with Crippen molar-refractivity contribution in [1.82, 2.24) is 19.4 Å². The van der Waals surface area contributed by atoms with Crippen molar-refractivity contribution in [2.75, 3.05) is 26.2 Å². The molecule has 0 spiro atoms. The van der Waals surface area contributed by atoms with Crippen molar-refractivity contribution in [3.8, 4) is 0 Å². The van der Waals surface area contributed by atoms with E-state index >= 15 is 0 Å². The number of amides is 1. The Balaban J connectivity index is 1.30. The second-order valence-corrected chi connectivity index (χ2v) is 8.86. The maximum atomic E-state index is 13.1. The van der Waals surface area contributed by atoms with Gasteiger partial charge in [0.1, 0.15) is 5.82 Å². The molecule has 1 amide bonds. The van der Waals surface area contributed by atoms with E-state index in [9.17, 15) is 14.9 Å². The molecule has 1 saturated heterocycles. The predicted octanol–water partition coefficient (Wildman–Crippen LogP) is 4.26. The van der Waals surface area contributed by atoms with Gasteiger partial charge in [-0.1, -0.05) is 48.5 Å². The number of para-hydroxylation sites is 2. The van der Waals surface area contributed by atoms with Crippen molar-refractivity contribution in [3.05, 3.63) is 105 Å². The third-order valence-electron chi connectivity index (χ3n) is 6.67. The van der Waals surface area contributed by atoms with Gasteiger partial charge in [0.2, 0.25) is 0 Å². The molecule has 0 unspecified atom stereocenters. The molecule has 0 saturated carbocycles. The molecular weight excluding hydrogens is 442 g/mol. The zero-order valence-corrected chi connectivity index (χ0v) is 19.6. The fraction of sp³-hybridized carbons (Fsp3) is 0.259. The summed E-state index contributed by atoms with van der Waals surface area (Å²) in [5.74, 6) is 0.853. The van der Waals surface area contributed by atoms with Crippen LogP contribution < -0.4 is 0 Å². The van der Waals surface area contributed by atoms with Crippen molar-refractivity contribution in [1.29, 1.82) is 0 Å². The molecule has 178 valence electrons. The summed E-state index contributed by atoms with van der Waals surface area (Å²) in [5, 5.41) is 11.3. The monoisotopic (exact) mass is 469 g/mol. The van der Waals surface area contributed by atoms with Gasteiger partial charge in [-0.2, -0.15) is 0 Å². The number of aromatic nitrogens is 2. The average molecular weight is 470 g/mol. The summed E-state index contributed by atoms with van der Waals surface area (Å²) in [7, 11) is 0. The van der Waals surface area contributed by atoms with Crippen LogP contribution in [0.1, 0.15) is 27.3 Å². The number of carbonyl (C=O) groups is 1. The van der Waals surface area contributed by atoms with Crippen LogP contribution in [0.25, 0.3) is 11.0 Å². The van der Waals surface area contributed by atoms with E-state index in [2.05, 4.69) is 27.7 Å². The number of nitrogens with zero attached hydrogens (tertiary/aromatic N) is 5. The molecule has 0 radical (unpaired) electrons. The fourth-order valence-electron chi connectivity index (χ4n) is 4.72. The highest BCUT2D eigenvalue weighted by molar-refractivity contribution is 5.96. The molecule has 8 heteroatoms. The van der Waals surface area contributed by atoms with Crippen molar-refractivity contribution >= 4 is 22.6 Å². The standard InChI is InChI=1S/C27H27N5O3/c1-20-22(10-7-13-24(20)32(34)35)27(33)30-16-14-29(15-17-30)19-26-28-23-11-5-6-12-25(23)31(26)18-21-8-3-2-4-9-21/h2-13H,14-19H2,1H3. The van der Waals surface area contributed by atoms with Crippen molar-refractivity contribution in [3.63, 3.8) is 0 Å². The first kappa shape index (κ1) is 22.7. The quantitative estimate of drug-likeness (QED) is 0.311. The molecule has 0 aliphatic carbocycles. The Bertz CT molecular complexity index is 1370. The molecular formula is C27H27N5O3. The van der Waals surface area contributed by atoms with Crippen LogP contribution in [0.15, 0.2) is 72.8 Å². The predicted molar refractivity (Wildman–Crippen MR) is 134 cm³/mol. The van der Waals surface area contributed by atoms with Gasteiger partial charge in [0.05, 0.1) is 22.5 Å². The second-order valence-electron chi connectivity index (χ2n) is 8.86. The van der Waals surface area contributed by atoms with Crippen molar-refractivity contribution in [2.24, 2.45) is 0 Å². The summed E-state index contributed by atoms with van der Waals surface area (Å²) >= 11 is 0. The van der Waals surface area contributed by atoms with Crippen LogP contribution >= 0.6 is 0 Å². The first-order valence-corrected chi connectivity index (χ1v) is 11.7. The highest BCUT2D eigenvalue weighted by atomic mass is 16.6. The van der Waals surface area contributed by atoms with Crippen LogP contribution in [-0.4, -0.2) is 56.4 Å². The van der Waals surface area contributed by atoms with Crippen LogP contribution in [-0.2, 0) is 13.1 Å². The average Bonchev–Trinajstić information content (AvgIpc) is 3.21. The van der Waals surface area contributed by atoms with E-state index in [0.717, 1.165) is 23.4 Å². The highest BCUT2D eigenvalue weighted by Gasteiger charge is 2.26. The number of fused-ring (bicyclic) bond motifs is 1. The molecule has 1 aromatic heterocycles. The molecule has 1 aliphatic heterocycles. The Hall–Kier alpha value is -4.04. The molecule has 0 atom stereocenters. The number of piperazine rings is 1. The normalized spacial score (nSPS) is 14.4. The van der Waals surface area contributed by atoms with Crippen LogP contribution in [0, 0.1) is 17.0 Å². The Labute approximate surface area is 203 Å². The van der Waals surface area contributed by atoms with Crippen molar-refractivity contribution < 1.29 is 9.72 Å². The number of nitro groups is 1. The van der Waals surface area contributed by atoms with Crippen LogP contribution in [0.3, 0.4) is 0 Å². The van der Waals surface area contributed by atoms with E-state index in [1.807, 2.05) is 36.4 Å². The molecule has 8 nitrogen and oxygen atoms in total. The first-order valence-electron chi connectivity index (χ1n) is 11.7. The van der Waals surface area contributed by atoms with Crippen molar-refractivity contribution in [2.45, 2.75) is 20.0 Å². The Morgan fingerprint density at radius 1 is 0.914 bits per heavy atom. The fourth-order valence-corrected chi connectivity index (χ4v) is 4.72. The smallest absolute Gasteiger partial charge is 0.273 e. The molecule has 4 aromatic rings. The van der Waals surface area contributed by atoms with Gasteiger partial charge in [-0.05, 0) is 30.7 Å². The van der Waals surface area contributed by atoms with E-state index in [1.54, 1.807) is 24.0 Å². The summed E-state index contributed by atoms with van der Waals surface area (Å²) in [6.45, 7) is 5.65. The van der Waals surface area contributed by atoms with Gasteiger partial charge in [-0.25, -0.2) is 4.98 Å². The summed E-state index contributed by atoms with van der Waals surface area (Å²) in [5.41, 5.74) is 4.11.